The number of amides is 2. The summed E-state index contributed by atoms with van der Waals surface area (Å²) in [4.78, 5) is 31.1. The van der Waals surface area contributed by atoms with Crippen LogP contribution in [0, 0.1) is 6.92 Å². The van der Waals surface area contributed by atoms with E-state index < -0.39 is 0 Å². The van der Waals surface area contributed by atoms with Gasteiger partial charge >= 0.3 is 0 Å². The van der Waals surface area contributed by atoms with E-state index in [1.165, 1.54) is 0 Å². The molecule has 6 nitrogen and oxygen atoms in total. The van der Waals surface area contributed by atoms with Gasteiger partial charge in [-0.3, -0.25) is 9.59 Å². The molecule has 33 heavy (non-hydrogen) atoms. The molecule has 1 fully saturated rings. The van der Waals surface area contributed by atoms with Gasteiger partial charge in [-0.1, -0.05) is 48.5 Å². The third-order valence-corrected chi connectivity index (χ3v) is 6.47. The molecule has 0 spiro atoms. The first-order valence-electron chi connectivity index (χ1n) is 12.0. The lowest BCUT2D eigenvalue weighted by Gasteiger charge is -2.24. The van der Waals surface area contributed by atoms with Crippen molar-refractivity contribution in [1.29, 1.82) is 0 Å². The fourth-order valence-corrected chi connectivity index (χ4v) is 4.64. The molecule has 1 unspecified atom stereocenters. The molecule has 3 N–H and O–H groups in total. The summed E-state index contributed by atoms with van der Waals surface area (Å²) < 4.78 is 0. The Morgan fingerprint density at radius 1 is 0.970 bits per heavy atom. The Balaban J connectivity index is 1.43. The molecular formula is C27H34N4O2. The van der Waals surface area contributed by atoms with Crippen molar-refractivity contribution < 1.29 is 9.59 Å². The lowest BCUT2D eigenvalue weighted by Crippen LogP contribution is -2.36. The van der Waals surface area contributed by atoms with Gasteiger partial charge < -0.3 is 20.5 Å². The van der Waals surface area contributed by atoms with Gasteiger partial charge in [0.25, 0.3) is 0 Å². The van der Waals surface area contributed by atoms with E-state index in [-0.39, 0.29) is 17.9 Å². The average molecular weight is 447 g/mol. The summed E-state index contributed by atoms with van der Waals surface area (Å²) in [6.45, 7) is 4.87. The van der Waals surface area contributed by atoms with Crippen LogP contribution in [0.25, 0.3) is 10.9 Å². The van der Waals surface area contributed by atoms with Gasteiger partial charge in [-0.05, 0) is 49.9 Å². The lowest BCUT2D eigenvalue weighted by atomic mass is 10.0. The fourth-order valence-electron chi connectivity index (χ4n) is 4.64. The molecule has 0 aliphatic carbocycles. The van der Waals surface area contributed by atoms with Crippen molar-refractivity contribution in [2.45, 2.75) is 45.1 Å². The van der Waals surface area contributed by atoms with Crippen molar-refractivity contribution in [3.05, 3.63) is 71.4 Å². The maximum atomic E-state index is 13.3. The Labute approximate surface area is 195 Å². The van der Waals surface area contributed by atoms with Crippen LogP contribution < -0.4 is 10.6 Å². The van der Waals surface area contributed by atoms with E-state index in [0.29, 0.717) is 19.4 Å². The average Bonchev–Trinajstić information content (AvgIpc) is 3.15. The van der Waals surface area contributed by atoms with Crippen molar-refractivity contribution in [2.75, 3.05) is 26.2 Å². The number of carbonyl (C=O) groups is 2. The Morgan fingerprint density at radius 2 is 1.73 bits per heavy atom. The first-order chi connectivity index (χ1) is 16.1. The highest BCUT2D eigenvalue weighted by atomic mass is 16.2. The number of rotatable bonds is 3. The molecule has 1 aromatic heterocycles. The van der Waals surface area contributed by atoms with Gasteiger partial charge in [0.2, 0.25) is 11.8 Å². The van der Waals surface area contributed by atoms with E-state index in [2.05, 4.69) is 39.9 Å². The quantitative estimate of drug-likeness (QED) is 0.572. The van der Waals surface area contributed by atoms with Crippen LogP contribution in [-0.4, -0.2) is 47.9 Å². The van der Waals surface area contributed by atoms with Crippen LogP contribution in [0.1, 0.15) is 48.5 Å². The van der Waals surface area contributed by atoms with E-state index in [1.54, 1.807) is 0 Å². The molecule has 2 aromatic carbocycles. The second kappa shape index (κ2) is 11.1. The largest absolute Gasteiger partial charge is 0.358 e. The topological polar surface area (TPSA) is 77.2 Å². The highest BCUT2D eigenvalue weighted by Crippen LogP contribution is 2.23. The Hall–Kier alpha value is -3.12. The molecule has 6 heteroatoms. The van der Waals surface area contributed by atoms with Crippen LogP contribution >= 0.6 is 0 Å². The van der Waals surface area contributed by atoms with Gasteiger partial charge in [0.1, 0.15) is 0 Å². The van der Waals surface area contributed by atoms with Crippen LogP contribution in [0.3, 0.4) is 0 Å². The summed E-state index contributed by atoms with van der Waals surface area (Å²) in [5, 5.41) is 7.71. The maximum Gasteiger partial charge on any atom is 0.227 e. The third kappa shape index (κ3) is 6.02. The maximum absolute atomic E-state index is 13.3. The van der Waals surface area contributed by atoms with Gasteiger partial charge in [-0.25, -0.2) is 0 Å². The highest BCUT2D eigenvalue weighted by Gasteiger charge is 2.19. The number of fused-ring (bicyclic) bond motifs is 1. The number of hydrogen-bond acceptors (Lipinski definition) is 3. The number of nitrogens with zero attached hydrogens (tertiary/aromatic N) is 1. The number of carbonyl (C=O) groups excluding carboxylic acids is 2. The SMILES string of the molecule is Cc1[nH]c2ccccc2c1CC(=O)N1CCCCNC(=O)CC(c2ccccc2)NCCC1. The normalized spacial score (nSPS) is 18.8. The lowest BCUT2D eigenvalue weighted by molar-refractivity contribution is -0.130. The summed E-state index contributed by atoms with van der Waals surface area (Å²) in [5.74, 6) is 0.236. The van der Waals surface area contributed by atoms with Crippen molar-refractivity contribution in [2.24, 2.45) is 0 Å². The van der Waals surface area contributed by atoms with Gasteiger partial charge in [0.05, 0.1) is 6.42 Å². The molecule has 174 valence electrons. The second-order valence-electron chi connectivity index (χ2n) is 8.86. The van der Waals surface area contributed by atoms with Crippen molar-refractivity contribution in [3.8, 4) is 0 Å². The van der Waals surface area contributed by atoms with Gasteiger partial charge in [0.15, 0.2) is 0 Å². The number of para-hydroxylation sites is 1. The van der Waals surface area contributed by atoms with Crippen LogP contribution in [-0.2, 0) is 16.0 Å². The molecule has 3 aromatic rings. The zero-order valence-electron chi connectivity index (χ0n) is 19.4. The fraction of sp³-hybridized carbons (Fsp3) is 0.407. The Kier molecular flexibility index (Phi) is 7.79. The smallest absolute Gasteiger partial charge is 0.227 e. The number of aromatic nitrogens is 1. The Bertz CT molecular complexity index is 1080. The van der Waals surface area contributed by atoms with Gasteiger partial charge in [-0.15, -0.1) is 0 Å². The number of aryl methyl sites for hydroxylation is 1. The van der Waals surface area contributed by atoms with Gasteiger partial charge in [0, 0.05) is 48.7 Å². The molecule has 0 bridgehead atoms. The first-order valence-corrected chi connectivity index (χ1v) is 12.0. The van der Waals surface area contributed by atoms with Crippen LogP contribution in [0.2, 0.25) is 0 Å². The minimum absolute atomic E-state index is 0.0232. The first kappa shape index (κ1) is 23.1. The zero-order chi connectivity index (χ0) is 23.0. The van der Waals surface area contributed by atoms with Crippen molar-refractivity contribution >= 4 is 22.7 Å². The molecule has 2 heterocycles. The van der Waals surface area contributed by atoms with E-state index in [0.717, 1.165) is 66.6 Å². The van der Waals surface area contributed by atoms with Crippen LogP contribution in [0.5, 0.6) is 0 Å². The van der Waals surface area contributed by atoms with Crippen LogP contribution in [0.4, 0.5) is 0 Å². The van der Waals surface area contributed by atoms with E-state index in [1.807, 2.05) is 42.2 Å². The molecule has 1 atom stereocenters. The minimum Gasteiger partial charge on any atom is -0.358 e. The molecule has 2 amide bonds. The monoisotopic (exact) mass is 446 g/mol. The number of H-pyrrole nitrogens is 1. The second-order valence-corrected chi connectivity index (χ2v) is 8.86. The van der Waals surface area contributed by atoms with E-state index in [9.17, 15) is 9.59 Å². The highest BCUT2D eigenvalue weighted by molar-refractivity contribution is 5.90. The third-order valence-electron chi connectivity index (χ3n) is 6.47. The molecule has 0 saturated carbocycles. The number of hydrogen-bond donors (Lipinski definition) is 3. The zero-order valence-corrected chi connectivity index (χ0v) is 19.4. The number of nitrogens with one attached hydrogen (secondary N) is 3. The summed E-state index contributed by atoms with van der Waals surface area (Å²) >= 11 is 0. The molecule has 1 aliphatic heterocycles. The van der Waals surface area contributed by atoms with Gasteiger partial charge in [-0.2, -0.15) is 0 Å². The van der Waals surface area contributed by atoms with Crippen molar-refractivity contribution in [1.82, 2.24) is 20.5 Å². The Morgan fingerprint density at radius 3 is 2.58 bits per heavy atom. The van der Waals surface area contributed by atoms with Crippen LogP contribution in [0.15, 0.2) is 54.6 Å². The predicted octanol–water partition coefficient (Wildman–Crippen LogP) is 3.87. The van der Waals surface area contributed by atoms with Crippen molar-refractivity contribution in [3.63, 3.8) is 0 Å². The van der Waals surface area contributed by atoms with E-state index >= 15 is 0 Å². The molecule has 4 rings (SSSR count). The molecule has 1 saturated heterocycles. The predicted molar refractivity (Wildman–Crippen MR) is 132 cm³/mol. The number of aromatic amines is 1. The number of benzene rings is 2. The standard InChI is InChI=1S/C27H34N4O2/c1-20-23(22-12-5-6-13-24(22)30-20)18-27(33)31-16-8-7-14-29-26(32)19-25(28-15-9-17-31)21-10-3-2-4-11-21/h2-6,10-13,25,28,30H,7-9,14-19H2,1H3,(H,29,32). The molecule has 1 aliphatic rings. The molecule has 0 radical (unpaired) electrons. The van der Waals surface area contributed by atoms with E-state index in [4.69, 9.17) is 0 Å². The summed E-state index contributed by atoms with van der Waals surface area (Å²) in [5.41, 5.74) is 4.35. The molecular weight excluding hydrogens is 412 g/mol. The minimum atomic E-state index is -0.0232. The summed E-state index contributed by atoms with van der Waals surface area (Å²) in [6, 6.07) is 18.3. The summed E-state index contributed by atoms with van der Waals surface area (Å²) in [7, 11) is 0. The summed E-state index contributed by atoms with van der Waals surface area (Å²) in [6.07, 6.45) is 3.43.